The second-order valence-corrected chi connectivity index (χ2v) is 3.17. The number of aliphatic carboxylic acids is 2. The maximum absolute atomic E-state index is 10.6. The molecule has 0 aromatic heterocycles. The first kappa shape index (κ1) is 12.6. The van der Waals surface area contributed by atoms with Crippen molar-refractivity contribution < 1.29 is 40.9 Å². The molecule has 0 saturated heterocycles. The molecule has 1 aliphatic carbocycles. The van der Waals surface area contributed by atoms with Gasteiger partial charge in [0.25, 0.3) is 0 Å². The molecule has 13 heavy (non-hydrogen) atoms. The van der Waals surface area contributed by atoms with Gasteiger partial charge in [-0.1, -0.05) is 12.8 Å². The van der Waals surface area contributed by atoms with Crippen molar-refractivity contribution in [2.75, 3.05) is 0 Å². The van der Waals surface area contributed by atoms with Gasteiger partial charge in [-0.3, -0.25) is 9.59 Å². The molecule has 0 spiro atoms. The van der Waals surface area contributed by atoms with Crippen molar-refractivity contribution in [3.63, 3.8) is 0 Å². The monoisotopic (exact) mass is 367 g/mol. The van der Waals surface area contributed by atoms with Gasteiger partial charge in [0.1, 0.15) is 0 Å². The van der Waals surface area contributed by atoms with Crippen molar-refractivity contribution in [3.8, 4) is 0 Å². The Bertz CT molecular complexity index is 182. The standard InChI is InChI=1S/C8H12O4.Pt/c9-7(10)5-3-1-2-4-6(5)8(11)12;/h5-6H,1-4H2,(H,9,10)(H,11,12);. The molecule has 1 saturated carbocycles. The second-order valence-electron chi connectivity index (χ2n) is 3.17. The largest absolute Gasteiger partial charge is 0.481 e. The summed E-state index contributed by atoms with van der Waals surface area (Å²) in [6.45, 7) is 0. The number of rotatable bonds is 2. The maximum Gasteiger partial charge on any atom is 0.307 e. The van der Waals surface area contributed by atoms with Gasteiger partial charge >= 0.3 is 11.9 Å². The van der Waals surface area contributed by atoms with Crippen molar-refractivity contribution in [1.82, 2.24) is 0 Å². The van der Waals surface area contributed by atoms with Gasteiger partial charge in [-0.2, -0.15) is 0 Å². The van der Waals surface area contributed by atoms with Crippen LogP contribution in [0.2, 0.25) is 0 Å². The first-order valence-electron chi connectivity index (χ1n) is 4.08. The van der Waals surface area contributed by atoms with Crippen LogP contribution in [-0.4, -0.2) is 22.2 Å². The predicted molar refractivity (Wildman–Crippen MR) is 40.7 cm³/mol. The molecule has 1 fully saturated rings. The number of carbonyl (C=O) groups is 2. The van der Waals surface area contributed by atoms with Gasteiger partial charge in [0.05, 0.1) is 11.8 Å². The third-order valence-electron chi connectivity index (χ3n) is 2.40. The molecule has 2 atom stereocenters. The zero-order valence-corrected chi connectivity index (χ0v) is 9.28. The van der Waals surface area contributed by atoms with Crippen molar-refractivity contribution >= 4 is 11.9 Å². The third-order valence-corrected chi connectivity index (χ3v) is 2.40. The van der Waals surface area contributed by atoms with E-state index in [1.807, 2.05) is 0 Å². The molecule has 0 amide bonds. The van der Waals surface area contributed by atoms with E-state index in [1.54, 1.807) is 0 Å². The Balaban J connectivity index is 0.00000144. The van der Waals surface area contributed by atoms with Crippen LogP contribution in [0.25, 0.3) is 0 Å². The van der Waals surface area contributed by atoms with Crippen LogP contribution in [0, 0.1) is 11.8 Å². The Kier molecular flexibility index (Phi) is 5.22. The van der Waals surface area contributed by atoms with Gasteiger partial charge in [-0.15, -0.1) is 0 Å². The van der Waals surface area contributed by atoms with Gasteiger partial charge in [0.2, 0.25) is 0 Å². The maximum atomic E-state index is 10.6. The normalized spacial score (nSPS) is 27.4. The second kappa shape index (κ2) is 5.38. The first-order valence-corrected chi connectivity index (χ1v) is 4.08. The molecule has 0 bridgehead atoms. The van der Waals surface area contributed by atoms with Gasteiger partial charge in [-0.05, 0) is 12.8 Å². The van der Waals surface area contributed by atoms with E-state index in [0.717, 1.165) is 12.8 Å². The van der Waals surface area contributed by atoms with Crippen LogP contribution in [0.5, 0.6) is 0 Å². The first-order chi connectivity index (χ1) is 5.63. The molecule has 2 unspecified atom stereocenters. The molecule has 4 nitrogen and oxygen atoms in total. The molecule has 0 aromatic rings. The van der Waals surface area contributed by atoms with E-state index in [2.05, 4.69) is 0 Å². The zero-order chi connectivity index (χ0) is 9.14. The fraction of sp³-hybridized carbons (Fsp3) is 0.750. The minimum atomic E-state index is -0.970. The minimum Gasteiger partial charge on any atom is -0.481 e. The summed E-state index contributed by atoms with van der Waals surface area (Å²) in [6, 6.07) is 0. The van der Waals surface area contributed by atoms with Crippen LogP contribution in [0.15, 0.2) is 0 Å². The quantitative estimate of drug-likeness (QED) is 0.763. The number of hydrogen-bond acceptors (Lipinski definition) is 2. The Hall–Kier alpha value is -0.372. The van der Waals surface area contributed by atoms with E-state index >= 15 is 0 Å². The minimum absolute atomic E-state index is 0. The number of carboxylic acids is 2. The van der Waals surface area contributed by atoms with Crippen molar-refractivity contribution in [2.45, 2.75) is 25.7 Å². The van der Waals surface area contributed by atoms with E-state index in [0.29, 0.717) is 12.8 Å². The molecule has 0 aromatic carbocycles. The van der Waals surface area contributed by atoms with Crippen LogP contribution < -0.4 is 0 Å². The predicted octanol–water partition coefficient (Wildman–Crippen LogP) is 0.960. The number of hydrogen-bond donors (Lipinski definition) is 2. The van der Waals surface area contributed by atoms with Crippen molar-refractivity contribution in [2.24, 2.45) is 11.8 Å². The summed E-state index contributed by atoms with van der Waals surface area (Å²) in [5.74, 6) is -3.28. The summed E-state index contributed by atoms with van der Waals surface area (Å²) in [6.07, 6.45) is 2.68. The Labute approximate surface area is 90.6 Å². The van der Waals surface area contributed by atoms with Crippen molar-refractivity contribution in [1.29, 1.82) is 0 Å². The fourth-order valence-electron chi connectivity index (χ4n) is 1.72. The van der Waals surface area contributed by atoms with Gasteiger partial charge in [0.15, 0.2) is 0 Å². The summed E-state index contributed by atoms with van der Waals surface area (Å²) >= 11 is 0. The molecule has 0 radical (unpaired) electrons. The van der Waals surface area contributed by atoms with E-state index in [1.165, 1.54) is 0 Å². The van der Waals surface area contributed by atoms with Gasteiger partial charge < -0.3 is 10.2 Å². The van der Waals surface area contributed by atoms with E-state index in [-0.39, 0.29) is 21.1 Å². The number of carboxylic acid groups (broad SMARTS) is 2. The molecule has 0 heterocycles. The average molecular weight is 367 g/mol. The molecule has 2 N–H and O–H groups in total. The van der Waals surface area contributed by atoms with Crippen LogP contribution in [-0.2, 0) is 30.7 Å². The summed E-state index contributed by atoms with van der Waals surface area (Å²) in [5.41, 5.74) is 0. The SMILES string of the molecule is O=C(O)C1CCCCC1C(=O)O.[Pt]. The Morgan fingerprint density at radius 2 is 1.23 bits per heavy atom. The topological polar surface area (TPSA) is 74.6 Å². The van der Waals surface area contributed by atoms with E-state index in [9.17, 15) is 9.59 Å². The third kappa shape index (κ3) is 3.11. The van der Waals surface area contributed by atoms with E-state index < -0.39 is 23.8 Å². The Morgan fingerprint density at radius 1 is 0.923 bits per heavy atom. The van der Waals surface area contributed by atoms with Crippen LogP contribution in [0.3, 0.4) is 0 Å². The summed E-state index contributed by atoms with van der Waals surface area (Å²) < 4.78 is 0. The molecule has 5 heteroatoms. The summed E-state index contributed by atoms with van der Waals surface area (Å²) in [4.78, 5) is 21.2. The van der Waals surface area contributed by atoms with Gasteiger partial charge in [0, 0.05) is 21.1 Å². The molecule has 0 aliphatic heterocycles. The molecule has 1 rings (SSSR count). The smallest absolute Gasteiger partial charge is 0.307 e. The van der Waals surface area contributed by atoms with Gasteiger partial charge in [-0.25, -0.2) is 0 Å². The molecule has 78 valence electrons. The van der Waals surface area contributed by atoms with E-state index in [4.69, 9.17) is 10.2 Å². The zero-order valence-electron chi connectivity index (χ0n) is 7.01. The summed E-state index contributed by atoms with van der Waals surface area (Å²) in [7, 11) is 0. The average Bonchev–Trinajstić information content (AvgIpc) is 2.04. The molecular formula is C8H12O4Pt. The van der Waals surface area contributed by atoms with Crippen LogP contribution in [0.4, 0.5) is 0 Å². The van der Waals surface area contributed by atoms with Crippen LogP contribution >= 0.6 is 0 Å². The molecular weight excluding hydrogens is 355 g/mol. The summed E-state index contributed by atoms with van der Waals surface area (Å²) in [5, 5.41) is 17.4. The Morgan fingerprint density at radius 3 is 1.46 bits per heavy atom. The van der Waals surface area contributed by atoms with Crippen LogP contribution in [0.1, 0.15) is 25.7 Å². The van der Waals surface area contributed by atoms with Crippen molar-refractivity contribution in [3.05, 3.63) is 0 Å². The molecule has 1 aliphatic rings. The fourth-order valence-corrected chi connectivity index (χ4v) is 1.72.